The Morgan fingerprint density at radius 1 is 1.07 bits per heavy atom. The molecule has 1 atom stereocenters. The first-order valence-corrected chi connectivity index (χ1v) is 11.2. The van der Waals surface area contributed by atoms with E-state index in [0.717, 1.165) is 37.0 Å². The quantitative estimate of drug-likeness (QED) is 0.663. The van der Waals surface area contributed by atoms with Gasteiger partial charge < -0.3 is 15.4 Å². The predicted molar refractivity (Wildman–Crippen MR) is 117 cm³/mol. The number of hydrogen-bond donors (Lipinski definition) is 2. The normalized spacial score (nSPS) is 15.3. The van der Waals surface area contributed by atoms with Crippen LogP contribution in [0.2, 0.25) is 0 Å². The minimum atomic E-state index is -0.0423. The highest BCUT2D eigenvalue weighted by Gasteiger charge is 2.21. The fourth-order valence-corrected chi connectivity index (χ4v) is 4.22. The lowest BCUT2D eigenvalue weighted by Gasteiger charge is -2.26. The highest BCUT2D eigenvalue weighted by atomic mass is 32.2. The molecule has 2 amide bonds. The Labute approximate surface area is 176 Å². The van der Waals surface area contributed by atoms with Gasteiger partial charge in [-0.15, -0.1) is 11.8 Å². The SMILES string of the molecule is COc1ccc(CCNC(=O)CSCC(=O)NC2CCCc3ccccc32)cc1. The maximum Gasteiger partial charge on any atom is 0.230 e. The van der Waals surface area contributed by atoms with Crippen LogP contribution < -0.4 is 15.4 Å². The van der Waals surface area contributed by atoms with Crippen molar-refractivity contribution in [2.75, 3.05) is 25.2 Å². The Morgan fingerprint density at radius 3 is 2.62 bits per heavy atom. The number of hydrogen-bond acceptors (Lipinski definition) is 4. The summed E-state index contributed by atoms with van der Waals surface area (Å²) in [4.78, 5) is 24.3. The molecule has 1 aliphatic carbocycles. The summed E-state index contributed by atoms with van der Waals surface area (Å²) >= 11 is 1.35. The van der Waals surface area contributed by atoms with Crippen LogP contribution in [0.25, 0.3) is 0 Å². The van der Waals surface area contributed by atoms with Gasteiger partial charge >= 0.3 is 0 Å². The average Bonchev–Trinajstić information content (AvgIpc) is 2.74. The number of thioether (sulfide) groups is 1. The number of aryl methyl sites for hydroxylation is 1. The lowest BCUT2D eigenvalue weighted by molar-refractivity contribution is -0.119. The molecule has 1 aliphatic rings. The number of methoxy groups -OCH3 is 1. The van der Waals surface area contributed by atoms with Crippen LogP contribution in [0.5, 0.6) is 5.75 Å². The lowest BCUT2D eigenvalue weighted by atomic mass is 9.88. The van der Waals surface area contributed by atoms with Crippen molar-refractivity contribution in [1.82, 2.24) is 10.6 Å². The number of carbonyl (C=O) groups is 2. The molecule has 0 fully saturated rings. The summed E-state index contributed by atoms with van der Waals surface area (Å²) in [6.45, 7) is 0.580. The number of fused-ring (bicyclic) bond motifs is 1. The molecule has 0 saturated heterocycles. The number of benzene rings is 2. The molecule has 154 valence electrons. The van der Waals surface area contributed by atoms with Gasteiger partial charge in [0.25, 0.3) is 0 Å². The molecule has 29 heavy (non-hydrogen) atoms. The molecular formula is C23H28N2O3S. The first-order chi connectivity index (χ1) is 14.2. The van der Waals surface area contributed by atoms with Crippen LogP contribution in [-0.4, -0.2) is 37.0 Å². The zero-order valence-electron chi connectivity index (χ0n) is 16.8. The second kappa shape index (κ2) is 10.9. The van der Waals surface area contributed by atoms with Crippen LogP contribution in [0.15, 0.2) is 48.5 Å². The van der Waals surface area contributed by atoms with Gasteiger partial charge in [-0.05, 0) is 54.5 Å². The molecule has 0 bridgehead atoms. The van der Waals surface area contributed by atoms with Crippen molar-refractivity contribution in [1.29, 1.82) is 0 Å². The minimum absolute atomic E-state index is 0.0114. The largest absolute Gasteiger partial charge is 0.497 e. The smallest absolute Gasteiger partial charge is 0.230 e. The molecule has 2 aromatic rings. The van der Waals surface area contributed by atoms with Crippen molar-refractivity contribution in [2.24, 2.45) is 0 Å². The highest BCUT2D eigenvalue weighted by molar-refractivity contribution is 8.00. The van der Waals surface area contributed by atoms with Crippen LogP contribution in [-0.2, 0) is 22.4 Å². The molecule has 3 rings (SSSR count). The van der Waals surface area contributed by atoms with Gasteiger partial charge in [0.05, 0.1) is 24.7 Å². The van der Waals surface area contributed by atoms with Gasteiger partial charge in [0.1, 0.15) is 5.75 Å². The van der Waals surface area contributed by atoms with Crippen molar-refractivity contribution in [3.63, 3.8) is 0 Å². The Balaban J connectivity index is 1.32. The Kier molecular flexibility index (Phi) is 7.99. The van der Waals surface area contributed by atoms with E-state index in [4.69, 9.17) is 4.74 Å². The number of rotatable bonds is 9. The first-order valence-electron chi connectivity index (χ1n) is 10.0. The van der Waals surface area contributed by atoms with E-state index in [1.54, 1.807) is 7.11 Å². The van der Waals surface area contributed by atoms with Crippen molar-refractivity contribution >= 4 is 23.6 Å². The van der Waals surface area contributed by atoms with Gasteiger partial charge in [0.15, 0.2) is 0 Å². The molecule has 1 unspecified atom stereocenters. The van der Waals surface area contributed by atoms with E-state index in [0.29, 0.717) is 12.3 Å². The minimum Gasteiger partial charge on any atom is -0.497 e. The van der Waals surface area contributed by atoms with Gasteiger partial charge in [0.2, 0.25) is 11.8 Å². The maximum absolute atomic E-state index is 12.3. The van der Waals surface area contributed by atoms with Crippen molar-refractivity contribution < 1.29 is 14.3 Å². The van der Waals surface area contributed by atoms with Crippen LogP contribution in [0.4, 0.5) is 0 Å². The van der Waals surface area contributed by atoms with Gasteiger partial charge in [-0.3, -0.25) is 9.59 Å². The van der Waals surface area contributed by atoms with E-state index >= 15 is 0 Å². The average molecular weight is 413 g/mol. The standard InChI is InChI=1S/C23H28N2O3S/c1-28-19-11-9-17(10-12-19)13-14-24-22(26)15-29-16-23(27)25-21-8-4-6-18-5-2-3-7-20(18)21/h2-3,5,7,9-12,21H,4,6,8,13-16H2,1H3,(H,24,26)(H,25,27). The van der Waals surface area contributed by atoms with Gasteiger partial charge in [0, 0.05) is 6.54 Å². The lowest BCUT2D eigenvalue weighted by Crippen LogP contribution is -2.33. The molecule has 0 radical (unpaired) electrons. The number of amides is 2. The van der Waals surface area contributed by atoms with E-state index in [2.05, 4.69) is 22.8 Å². The fraction of sp³-hybridized carbons (Fsp3) is 0.391. The number of nitrogens with one attached hydrogen (secondary N) is 2. The molecule has 0 heterocycles. The van der Waals surface area contributed by atoms with Crippen LogP contribution in [0.3, 0.4) is 0 Å². The summed E-state index contributed by atoms with van der Waals surface area (Å²) < 4.78 is 5.14. The highest BCUT2D eigenvalue weighted by Crippen LogP contribution is 2.29. The van der Waals surface area contributed by atoms with Crippen LogP contribution in [0, 0.1) is 0 Å². The van der Waals surface area contributed by atoms with E-state index in [1.165, 1.54) is 22.9 Å². The summed E-state index contributed by atoms with van der Waals surface area (Å²) in [6.07, 6.45) is 3.90. The zero-order valence-corrected chi connectivity index (χ0v) is 17.6. The molecule has 2 aromatic carbocycles. The zero-order chi connectivity index (χ0) is 20.5. The second-order valence-corrected chi connectivity index (χ2v) is 8.14. The van der Waals surface area contributed by atoms with Crippen molar-refractivity contribution in [3.8, 4) is 5.75 Å². The number of carbonyl (C=O) groups excluding carboxylic acids is 2. The van der Waals surface area contributed by atoms with Crippen LogP contribution in [0.1, 0.15) is 35.6 Å². The monoisotopic (exact) mass is 412 g/mol. The predicted octanol–water partition coefficient (Wildman–Crippen LogP) is 3.28. The summed E-state index contributed by atoms with van der Waals surface area (Å²) in [5.74, 6) is 1.35. The fourth-order valence-electron chi connectivity index (χ4n) is 3.57. The third kappa shape index (κ3) is 6.53. The first kappa shape index (κ1) is 21.2. The van der Waals surface area contributed by atoms with Crippen molar-refractivity contribution in [2.45, 2.75) is 31.7 Å². The Morgan fingerprint density at radius 2 is 1.83 bits per heavy atom. The van der Waals surface area contributed by atoms with Gasteiger partial charge in [-0.2, -0.15) is 0 Å². The Hall–Kier alpha value is -2.47. The van der Waals surface area contributed by atoms with Gasteiger partial charge in [-0.1, -0.05) is 36.4 Å². The summed E-state index contributed by atoms with van der Waals surface area (Å²) in [5, 5.41) is 6.03. The van der Waals surface area contributed by atoms with Gasteiger partial charge in [-0.25, -0.2) is 0 Å². The van der Waals surface area contributed by atoms with E-state index in [-0.39, 0.29) is 23.6 Å². The van der Waals surface area contributed by atoms with E-state index < -0.39 is 0 Å². The van der Waals surface area contributed by atoms with E-state index in [9.17, 15) is 9.59 Å². The molecule has 0 aliphatic heterocycles. The molecule has 5 nitrogen and oxygen atoms in total. The molecule has 0 saturated carbocycles. The topological polar surface area (TPSA) is 67.4 Å². The van der Waals surface area contributed by atoms with Crippen LogP contribution >= 0.6 is 11.8 Å². The third-order valence-electron chi connectivity index (χ3n) is 5.07. The maximum atomic E-state index is 12.3. The molecular weight excluding hydrogens is 384 g/mol. The summed E-state index contributed by atoms with van der Waals surface area (Å²) in [5.41, 5.74) is 3.70. The molecule has 2 N–H and O–H groups in total. The molecule has 0 aromatic heterocycles. The number of ether oxygens (including phenoxy) is 1. The Bertz CT molecular complexity index is 823. The summed E-state index contributed by atoms with van der Waals surface area (Å²) in [6, 6.07) is 16.2. The molecule has 6 heteroatoms. The summed E-state index contributed by atoms with van der Waals surface area (Å²) in [7, 11) is 1.64. The second-order valence-electron chi connectivity index (χ2n) is 7.15. The molecule has 0 spiro atoms. The van der Waals surface area contributed by atoms with E-state index in [1.807, 2.05) is 36.4 Å². The van der Waals surface area contributed by atoms with Crippen molar-refractivity contribution in [3.05, 3.63) is 65.2 Å². The third-order valence-corrected chi connectivity index (χ3v) is 6.00.